The van der Waals surface area contributed by atoms with Crippen LogP contribution in [-0.4, -0.2) is 35.0 Å². The van der Waals surface area contributed by atoms with Gasteiger partial charge in [-0.3, -0.25) is 9.59 Å². The molecule has 0 saturated heterocycles. The Balaban J connectivity index is 2.68. The van der Waals surface area contributed by atoms with Gasteiger partial charge in [-0.1, -0.05) is 26.7 Å². The molecule has 1 N–H and O–H groups in total. The Bertz CT molecular complexity index is 303. The van der Waals surface area contributed by atoms with Crippen molar-refractivity contribution in [3.8, 4) is 0 Å². The fourth-order valence-corrected chi connectivity index (χ4v) is 2.67. The topological polar surface area (TPSA) is 57.6 Å². The summed E-state index contributed by atoms with van der Waals surface area (Å²) in [7, 11) is 0. The van der Waals surface area contributed by atoms with Crippen LogP contribution in [0.25, 0.3) is 0 Å². The third kappa shape index (κ3) is 3.47. The average Bonchev–Trinajstić information content (AvgIpc) is 2.83. The molecule has 0 aromatic heterocycles. The number of carboxylic acids is 1. The number of carbonyl (C=O) groups excluding carboxylic acids is 1. The summed E-state index contributed by atoms with van der Waals surface area (Å²) in [5.41, 5.74) is 0. The second-order valence-electron chi connectivity index (χ2n) is 5.37. The van der Waals surface area contributed by atoms with Crippen LogP contribution >= 0.6 is 0 Å². The van der Waals surface area contributed by atoms with Crippen LogP contribution < -0.4 is 0 Å². The highest BCUT2D eigenvalue weighted by atomic mass is 16.4. The summed E-state index contributed by atoms with van der Waals surface area (Å²) >= 11 is 0. The van der Waals surface area contributed by atoms with Crippen molar-refractivity contribution in [1.29, 1.82) is 0 Å². The highest BCUT2D eigenvalue weighted by molar-refractivity contribution is 5.85. The quantitative estimate of drug-likeness (QED) is 0.792. The average molecular weight is 255 g/mol. The third-order valence-corrected chi connectivity index (χ3v) is 4.07. The molecule has 4 heteroatoms. The van der Waals surface area contributed by atoms with Gasteiger partial charge in [-0.05, 0) is 25.7 Å². The summed E-state index contributed by atoms with van der Waals surface area (Å²) in [5.74, 6) is -1.07. The zero-order valence-corrected chi connectivity index (χ0v) is 11.7. The van der Waals surface area contributed by atoms with Crippen LogP contribution in [0.2, 0.25) is 0 Å². The monoisotopic (exact) mass is 255 g/mol. The Labute approximate surface area is 109 Å². The summed E-state index contributed by atoms with van der Waals surface area (Å²) in [4.78, 5) is 25.4. The molecule has 3 atom stereocenters. The number of nitrogens with zero attached hydrogens (tertiary/aromatic N) is 1. The lowest BCUT2D eigenvalue weighted by molar-refractivity contribution is -0.149. The Hall–Kier alpha value is -1.06. The van der Waals surface area contributed by atoms with E-state index in [1.807, 2.05) is 11.8 Å². The highest BCUT2D eigenvalue weighted by Crippen LogP contribution is 2.33. The van der Waals surface area contributed by atoms with Crippen molar-refractivity contribution in [3.05, 3.63) is 0 Å². The number of carboxylic acid groups (broad SMARTS) is 1. The Morgan fingerprint density at radius 1 is 1.28 bits per heavy atom. The van der Waals surface area contributed by atoms with E-state index in [1.54, 1.807) is 0 Å². The first kappa shape index (κ1) is 15.0. The van der Waals surface area contributed by atoms with Crippen molar-refractivity contribution in [1.82, 2.24) is 4.90 Å². The van der Waals surface area contributed by atoms with E-state index >= 15 is 0 Å². The second kappa shape index (κ2) is 6.76. The molecular formula is C14H25NO3. The SMILES string of the molecule is CCC(C)CN(CC)C(=O)C1CCCC1C(=O)O. The van der Waals surface area contributed by atoms with Gasteiger partial charge >= 0.3 is 5.97 Å². The van der Waals surface area contributed by atoms with E-state index in [2.05, 4.69) is 13.8 Å². The van der Waals surface area contributed by atoms with Crippen LogP contribution in [0.3, 0.4) is 0 Å². The highest BCUT2D eigenvalue weighted by Gasteiger charge is 2.39. The van der Waals surface area contributed by atoms with Gasteiger partial charge in [0, 0.05) is 13.1 Å². The maximum Gasteiger partial charge on any atom is 0.307 e. The molecule has 18 heavy (non-hydrogen) atoms. The fraction of sp³-hybridized carbons (Fsp3) is 0.857. The minimum absolute atomic E-state index is 0.0442. The first-order valence-electron chi connectivity index (χ1n) is 7.02. The maximum atomic E-state index is 12.4. The third-order valence-electron chi connectivity index (χ3n) is 4.07. The molecule has 0 aromatic carbocycles. The summed E-state index contributed by atoms with van der Waals surface area (Å²) in [6.45, 7) is 7.61. The molecule has 104 valence electrons. The lowest BCUT2D eigenvalue weighted by Crippen LogP contribution is -2.41. The summed E-state index contributed by atoms with van der Waals surface area (Å²) in [6, 6.07) is 0. The van der Waals surface area contributed by atoms with Gasteiger partial charge in [-0.15, -0.1) is 0 Å². The van der Waals surface area contributed by atoms with Gasteiger partial charge in [0.05, 0.1) is 11.8 Å². The lowest BCUT2D eigenvalue weighted by Gasteiger charge is -2.28. The number of rotatable bonds is 6. The summed E-state index contributed by atoms with van der Waals surface area (Å²) in [6.07, 6.45) is 3.27. The van der Waals surface area contributed by atoms with Crippen LogP contribution in [0, 0.1) is 17.8 Å². The van der Waals surface area contributed by atoms with Crippen molar-refractivity contribution < 1.29 is 14.7 Å². The molecule has 0 radical (unpaired) electrons. The van der Waals surface area contributed by atoms with Gasteiger partial charge in [0.25, 0.3) is 0 Å². The standard InChI is InChI=1S/C14H25NO3/c1-4-10(3)9-15(5-2)13(16)11-7-6-8-12(11)14(17)18/h10-12H,4-9H2,1-3H3,(H,17,18). The molecule has 1 saturated carbocycles. The van der Waals surface area contributed by atoms with Crippen LogP contribution in [0.15, 0.2) is 0 Å². The molecule has 3 unspecified atom stereocenters. The minimum Gasteiger partial charge on any atom is -0.481 e. The predicted molar refractivity (Wildman–Crippen MR) is 70.2 cm³/mol. The van der Waals surface area contributed by atoms with E-state index < -0.39 is 11.9 Å². The van der Waals surface area contributed by atoms with E-state index in [0.717, 1.165) is 25.8 Å². The Morgan fingerprint density at radius 2 is 1.89 bits per heavy atom. The summed E-state index contributed by atoms with van der Waals surface area (Å²) < 4.78 is 0. The molecule has 1 amide bonds. The van der Waals surface area contributed by atoms with Gasteiger partial charge < -0.3 is 10.0 Å². The zero-order valence-electron chi connectivity index (χ0n) is 11.7. The van der Waals surface area contributed by atoms with Crippen molar-refractivity contribution in [2.45, 2.75) is 46.5 Å². The molecule has 0 spiro atoms. The maximum absolute atomic E-state index is 12.4. The molecule has 1 aliphatic carbocycles. The van der Waals surface area contributed by atoms with Crippen molar-refractivity contribution in [2.75, 3.05) is 13.1 Å². The number of aliphatic carboxylic acids is 1. The first-order chi connectivity index (χ1) is 8.51. The molecule has 4 nitrogen and oxygen atoms in total. The number of carbonyl (C=O) groups is 2. The van der Waals surface area contributed by atoms with Gasteiger partial charge in [-0.2, -0.15) is 0 Å². The fourth-order valence-electron chi connectivity index (χ4n) is 2.67. The number of hydrogen-bond donors (Lipinski definition) is 1. The van der Waals surface area contributed by atoms with Gasteiger partial charge in [0.2, 0.25) is 5.91 Å². The van der Waals surface area contributed by atoms with E-state index in [9.17, 15) is 9.59 Å². The van der Waals surface area contributed by atoms with Crippen LogP contribution in [0.5, 0.6) is 0 Å². The van der Waals surface area contributed by atoms with Crippen molar-refractivity contribution in [3.63, 3.8) is 0 Å². The minimum atomic E-state index is -0.814. The van der Waals surface area contributed by atoms with Gasteiger partial charge in [0.1, 0.15) is 0 Å². The zero-order chi connectivity index (χ0) is 13.7. The smallest absolute Gasteiger partial charge is 0.307 e. The number of amides is 1. The second-order valence-corrected chi connectivity index (χ2v) is 5.37. The van der Waals surface area contributed by atoms with E-state index in [0.29, 0.717) is 18.9 Å². The van der Waals surface area contributed by atoms with E-state index in [4.69, 9.17) is 5.11 Å². The first-order valence-corrected chi connectivity index (χ1v) is 7.02. The molecule has 0 heterocycles. The number of hydrogen-bond acceptors (Lipinski definition) is 2. The molecule has 1 rings (SSSR count). The Kier molecular flexibility index (Phi) is 5.63. The lowest BCUT2D eigenvalue weighted by atomic mass is 9.94. The van der Waals surface area contributed by atoms with Crippen LogP contribution in [0.4, 0.5) is 0 Å². The Morgan fingerprint density at radius 3 is 2.39 bits per heavy atom. The van der Waals surface area contributed by atoms with Gasteiger partial charge in [-0.25, -0.2) is 0 Å². The van der Waals surface area contributed by atoms with Crippen molar-refractivity contribution >= 4 is 11.9 Å². The molecule has 1 fully saturated rings. The van der Waals surface area contributed by atoms with Crippen LogP contribution in [-0.2, 0) is 9.59 Å². The largest absolute Gasteiger partial charge is 0.481 e. The predicted octanol–water partition coefficient (Wildman–Crippen LogP) is 2.38. The van der Waals surface area contributed by atoms with E-state index in [-0.39, 0.29) is 11.8 Å². The van der Waals surface area contributed by atoms with Gasteiger partial charge in [0.15, 0.2) is 0 Å². The van der Waals surface area contributed by atoms with Crippen molar-refractivity contribution in [2.24, 2.45) is 17.8 Å². The molecule has 0 aliphatic heterocycles. The van der Waals surface area contributed by atoms with Crippen LogP contribution in [0.1, 0.15) is 46.5 Å². The molecule has 0 bridgehead atoms. The summed E-state index contributed by atoms with van der Waals surface area (Å²) in [5, 5.41) is 9.14. The molecule has 0 aromatic rings. The van der Waals surface area contributed by atoms with E-state index in [1.165, 1.54) is 0 Å². The normalized spacial score (nSPS) is 24.8. The molecule has 1 aliphatic rings. The molecular weight excluding hydrogens is 230 g/mol.